The zero-order valence-electron chi connectivity index (χ0n) is 14.0. The summed E-state index contributed by atoms with van der Waals surface area (Å²) in [6, 6.07) is 9.08. The van der Waals surface area contributed by atoms with E-state index in [1.165, 1.54) is 18.2 Å². The number of ether oxygens (including phenoxy) is 2. The van der Waals surface area contributed by atoms with Gasteiger partial charge in [-0.25, -0.2) is 13.2 Å². The van der Waals surface area contributed by atoms with Crippen LogP contribution in [0.2, 0.25) is 5.02 Å². The summed E-state index contributed by atoms with van der Waals surface area (Å²) in [5.74, 6) is -5.35. The Bertz CT molecular complexity index is 861. The van der Waals surface area contributed by atoms with Gasteiger partial charge in [0.15, 0.2) is 11.5 Å². The van der Waals surface area contributed by atoms with Crippen LogP contribution < -0.4 is 14.8 Å². The molecule has 1 N–H and O–H groups in total. The summed E-state index contributed by atoms with van der Waals surface area (Å²) in [4.78, 5) is 0. The van der Waals surface area contributed by atoms with E-state index in [0.29, 0.717) is 17.9 Å². The first-order valence-electron chi connectivity index (χ1n) is 8.35. The van der Waals surface area contributed by atoms with Crippen molar-refractivity contribution in [3.05, 3.63) is 58.4 Å². The number of fused-ring (bicyclic) bond motifs is 1. The van der Waals surface area contributed by atoms with Crippen LogP contribution in [-0.2, 0) is 5.79 Å². The van der Waals surface area contributed by atoms with E-state index in [0.717, 1.165) is 0 Å². The van der Waals surface area contributed by atoms with E-state index < -0.39 is 23.4 Å². The molecular weight excluding hydrogens is 367 g/mol. The molecule has 7 heteroatoms. The molecule has 138 valence electrons. The van der Waals surface area contributed by atoms with Crippen molar-refractivity contribution >= 4 is 11.6 Å². The molecule has 0 aromatic heterocycles. The Labute approximate surface area is 154 Å². The Morgan fingerprint density at radius 1 is 1.19 bits per heavy atom. The van der Waals surface area contributed by atoms with Gasteiger partial charge in [0.2, 0.25) is 0 Å². The van der Waals surface area contributed by atoms with Crippen LogP contribution in [-0.4, -0.2) is 19.0 Å². The molecule has 3 nitrogen and oxygen atoms in total. The molecule has 2 atom stereocenters. The third-order valence-corrected chi connectivity index (χ3v) is 5.12. The maximum absolute atomic E-state index is 14.4. The Morgan fingerprint density at radius 2 is 2.00 bits per heavy atom. The largest absolute Gasteiger partial charge is 0.444 e. The number of hydrogen-bond donors (Lipinski definition) is 1. The third-order valence-electron chi connectivity index (χ3n) is 4.89. The Hall–Kier alpha value is -1.92. The maximum Gasteiger partial charge on any atom is 0.278 e. The highest BCUT2D eigenvalue weighted by atomic mass is 35.5. The lowest BCUT2D eigenvalue weighted by atomic mass is 9.86. The predicted molar refractivity (Wildman–Crippen MR) is 91.6 cm³/mol. The molecule has 0 aliphatic carbocycles. The summed E-state index contributed by atoms with van der Waals surface area (Å²) < 4.78 is 55.0. The molecule has 1 saturated heterocycles. The highest BCUT2D eigenvalue weighted by Gasteiger charge is 2.48. The molecule has 2 aromatic carbocycles. The first-order valence-corrected chi connectivity index (χ1v) is 8.73. The quantitative estimate of drug-likeness (QED) is 0.805. The van der Waals surface area contributed by atoms with E-state index >= 15 is 0 Å². The summed E-state index contributed by atoms with van der Waals surface area (Å²) >= 11 is 5.81. The summed E-state index contributed by atoms with van der Waals surface area (Å²) in [5, 5.41) is 2.96. The molecule has 2 aliphatic heterocycles. The molecule has 1 fully saturated rings. The van der Waals surface area contributed by atoms with Crippen LogP contribution in [0.15, 0.2) is 36.4 Å². The second-order valence-electron chi connectivity index (χ2n) is 6.73. The lowest BCUT2D eigenvalue weighted by molar-refractivity contribution is -0.0736. The van der Waals surface area contributed by atoms with E-state index in [1.54, 1.807) is 25.1 Å². The second kappa shape index (κ2) is 6.06. The molecule has 0 spiro atoms. The van der Waals surface area contributed by atoms with Gasteiger partial charge in [0.25, 0.3) is 11.7 Å². The van der Waals surface area contributed by atoms with E-state index in [-0.39, 0.29) is 29.3 Å². The van der Waals surface area contributed by atoms with Crippen molar-refractivity contribution in [2.75, 3.05) is 13.1 Å². The summed E-state index contributed by atoms with van der Waals surface area (Å²) in [6.45, 7) is 1.67. The standard InChI is InChI=1S/C19H17ClF3NO2/c1-18(14-6-5-11(20)9-15(14)21)25-16-4-2-3-12(17(16)26-18)13-7-8-24-10-19(13,22)23/h2-6,9,13,24H,7-8,10H2,1H3. The van der Waals surface area contributed by atoms with E-state index in [2.05, 4.69) is 5.32 Å². The third kappa shape index (κ3) is 2.81. The Morgan fingerprint density at radius 3 is 2.73 bits per heavy atom. The van der Waals surface area contributed by atoms with Gasteiger partial charge in [0.05, 0.1) is 18.0 Å². The van der Waals surface area contributed by atoms with Gasteiger partial charge >= 0.3 is 0 Å². The minimum atomic E-state index is -2.90. The number of alkyl halides is 2. The second-order valence-corrected chi connectivity index (χ2v) is 7.16. The molecule has 2 aromatic rings. The Kier molecular flexibility index (Phi) is 4.08. The summed E-state index contributed by atoms with van der Waals surface area (Å²) in [7, 11) is 0. The van der Waals surface area contributed by atoms with E-state index in [4.69, 9.17) is 21.1 Å². The molecular formula is C19H17ClF3NO2. The van der Waals surface area contributed by atoms with Crippen LogP contribution in [0.4, 0.5) is 13.2 Å². The lowest BCUT2D eigenvalue weighted by Crippen LogP contribution is -2.44. The van der Waals surface area contributed by atoms with Crippen molar-refractivity contribution in [1.82, 2.24) is 5.32 Å². The number of para-hydroxylation sites is 1. The van der Waals surface area contributed by atoms with Crippen molar-refractivity contribution in [2.45, 2.75) is 31.0 Å². The van der Waals surface area contributed by atoms with Crippen molar-refractivity contribution in [3.8, 4) is 11.5 Å². The van der Waals surface area contributed by atoms with Crippen molar-refractivity contribution in [3.63, 3.8) is 0 Å². The van der Waals surface area contributed by atoms with Crippen LogP contribution in [0.5, 0.6) is 11.5 Å². The number of rotatable bonds is 2. The minimum absolute atomic E-state index is 0.154. The van der Waals surface area contributed by atoms with E-state index in [9.17, 15) is 13.2 Å². The minimum Gasteiger partial charge on any atom is -0.444 e. The molecule has 0 bridgehead atoms. The molecule has 26 heavy (non-hydrogen) atoms. The van der Waals surface area contributed by atoms with Crippen molar-refractivity contribution in [1.29, 1.82) is 0 Å². The van der Waals surface area contributed by atoms with E-state index in [1.807, 2.05) is 0 Å². The normalized spacial score (nSPS) is 26.7. The van der Waals surface area contributed by atoms with Crippen LogP contribution in [0.3, 0.4) is 0 Å². The molecule has 2 aliphatic rings. The van der Waals surface area contributed by atoms with Gasteiger partial charge in [0.1, 0.15) is 5.82 Å². The fraction of sp³-hybridized carbons (Fsp3) is 0.368. The number of piperidine rings is 1. The van der Waals surface area contributed by atoms with Gasteiger partial charge < -0.3 is 14.8 Å². The fourth-order valence-corrected chi connectivity index (χ4v) is 3.77. The topological polar surface area (TPSA) is 30.5 Å². The first-order chi connectivity index (χ1) is 12.3. The van der Waals surface area contributed by atoms with Crippen molar-refractivity contribution < 1.29 is 22.6 Å². The summed E-state index contributed by atoms with van der Waals surface area (Å²) in [5.41, 5.74) is 0.535. The smallest absolute Gasteiger partial charge is 0.278 e. The number of halogens is 4. The number of nitrogens with one attached hydrogen (secondary N) is 1. The van der Waals surface area contributed by atoms with Crippen LogP contribution in [0.1, 0.15) is 30.4 Å². The molecule has 0 saturated carbocycles. The fourth-order valence-electron chi connectivity index (χ4n) is 3.61. The average Bonchev–Trinajstić information content (AvgIpc) is 2.91. The zero-order chi connectivity index (χ0) is 18.5. The number of benzene rings is 2. The summed E-state index contributed by atoms with van der Waals surface area (Å²) in [6.07, 6.45) is 0.277. The highest BCUT2D eigenvalue weighted by molar-refractivity contribution is 6.30. The maximum atomic E-state index is 14.4. The van der Waals surface area contributed by atoms with Gasteiger partial charge in [-0.3, -0.25) is 0 Å². The van der Waals surface area contributed by atoms with Crippen molar-refractivity contribution in [2.24, 2.45) is 0 Å². The lowest BCUT2D eigenvalue weighted by Gasteiger charge is -2.32. The number of hydrogen-bond acceptors (Lipinski definition) is 3. The molecule has 2 heterocycles. The predicted octanol–water partition coefficient (Wildman–Crippen LogP) is 4.84. The molecule has 2 unspecified atom stereocenters. The van der Waals surface area contributed by atoms with Gasteiger partial charge in [-0.2, -0.15) is 0 Å². The Balaban J connectivity index is 1.74. The SMILES string of the molecule is CC1(c2ccc(Cl)cc2F)Oc2cccc(C3CCNCC3(F)F)c2O1. The monoisotopic (exact) mass is 383 g/mol. The molecule has 0 amide bonds. The molecule has 0 radical (unpaired) electrons. The zero-order valence-corrected chi connectivity index (χ0v) is 14.7. The first kappa shape index (κ1) is 17.5. The highest BCUT2D eigenvalue weighted by Crippen LogP contribution is 2.51. The van der Waals surface area contributed by atoms with Gasteiger partial charge in [0, 0.05) is 17.5 Å². The van der Waals surface area contributed by atoms with Gasteiger partial charge in [-0.1, -0.05) is 23.7 Å². The van der Waals surface area contributed by atoms with Crippen LogP contribution in [0.25, 0.3) is 0 Å². The van der Waals surface area contributed by atoms with Crippen LogP contribution >= 0.6 is 11.6 Å². The van der Waals surface area contributed by atoms with Gasteiger partial charge in [-0.15, -0.1) is 0 Å². The van der Waals surface area contributed by atoms with Crippen LogP contribution in [0, 0.1) is 5.82 Å². The molecule has 4 rings (SSSR count). The van der Waals surface area contributed by atoms with Gasteiger partial charge in [-0.05, 0) is 37.2 Å². The average molecular weight is 384 g/mol.